The highest BCUT2D eigenvalue weighted by Gasteiger charge is 2.30. The smallest absolute Gasteiger partial charge is 0.246 e. The van der Waals surface area contributed by atoms with Crippen LogP contribution in [0.25, 0.3) is 0 Å². The summed E-state index contributed by atoms with van der Waals surface area (Å²) in [7, 11) is 0. The van der Waals surface area contributed by atoms with Crippen LogP contribution in [0.5, 0.6) is 0 Å². The predicted octanol–water partition coefficient (Wildman–Crippen LogP) is 1.39. The second kappa shape index (κ2) is 6.78. The summed E-state index contributed by atoms with van der Waals surface area (Å²) in [5.41, 5.74) is 1.58. The van der Waals surface area contributed by atoms with Crippen LogP contribution in [0.3, 0.4) is 0 Å². The second-order valence-electron chi connectivity index (χ2n) is 4.50. The maximum Gasteiger partial charge on any atom is 0.246 e. The van der Waals surface area contributed by atoms with Gasteiger partial charge in [-0.25, -0.2) is 0 Å². The molecule has 2 unspecified atom stereocenters. The van der Waals surface area contributed by atoms with Crippen molar-refractivity contribution >= 4 is 35.0 Å². The molecule has 0 radical (unpaired) electrons. The largest absolute Gasteiger partial charge is 0.394 e. The molecule has 1 aliphatic rings. The molecule has 1 aromatic carbocycles. The van der Waals surface area contributed by atoms with Crippen LogP contribution in [0.1, 0.15) is 18.5 Å². The molecule has 0 saturated carbocycles. The van der Waals surface area contributed by atoms with Gasteiger partial charge in [-0.15, -0.1) is 11.8 Å². The van der Waals surface area contributed by atoms with Crippen molar-refractivity contribution in [2.75, 3.05) is 24.2 Å². The molecule has 1 heterocycles. The number of thioether (sulfide) groups is 1. The number of anilines is 1. The SMILES string of the molecule is CCNC1C(=O)Nc2cc(SCC(O)CO)c(Cl)cc21. The van der Waals surface area contributed by atoms with Crippen molar-refractivity contribution in [1.82, 2.24) is 5.32 Å². The quantitative estimate of drug-likeness (QED) is 0.596. The van der Waals surface area contributed by atoms with E-state index in [1.54, 1.807) is 6.07 Å². The molecule has 0 fully saturated rings. The Morgan fingerprint density at radius 3 is 2.95 bits per heavy atom. The summed E-state index contributed by atoms with van der Waals surface area (Å²) in [5.74, 6) is 0.259. The summed E-state index contributed by atoms with van der Waals surface area (Å²) in [4.78, 5) is 12.6. The van der Waals surface area contributed by atoms with Gasteiger partial charge in [0, 0.05) is 21.9 Å². The molecule has 20 heavy (non-hydrogen) atoms. The number of hydrogen-bond acceptors (Lipinski definition) is 5. The van der Waals surface area contributed by atoms with Gasteiger partial charge in [0.2, 0.25) is 5.91 Å². The Morgan fingerprint density at radius 1 is 1.55 bits per heavy atom. The maximum atomic E-state index is 11.9. The van der Waals surface area contributed by atoms with Gasteiger partial charge in [0.05, 0.1) is 17.7 Å². The first-order valence-electron chi connectivity index (χ1n) is 6.36. The second-order valence-corrected chi connectivity index (χ2v) is 5.97. The van der Waals surface area contributed by atoms with E-state index in [1.807, 2.05) is 13.0 Å². The third kappa shape index (κ3) is 3.27. The first-order valence-corrected chi connectivity index (χ1v) is 7.72. The monoisotopic (exact) mass is 316 g/mol. The predicted molar refractivity (Wildman–Crippen MR) is 80.3 cm³/mol. The summed E-state index contributed by atoms with van der Waals surface area (Å²) in [6.07, 6.45) is -0.784. The fourth-order valence-corrected chi connectivity index (χ4v) is 3.23. The summed E-state index contributed by atoms with van der Waals surface area (Å²) in [6, 6.07) is 3.21. The third-order valence-corrected chi connectivity index (χ3v) is 4.61. The average Bonchev–Trinajstić information content (AvgIpc) is 2.72. The van der Waals surface area contributed by atoms with Gasteiger partial charge in [0.25, 0.3) is 0 Å². The number of carbonyl (C=O) groups is 1. The molecule has 0 spiro atoms. The third-order valence-electron chi connectivity index (χ3n) is 2.99. The van der Waals surface area contributed by atoms with Crippen molar-refractivity contribution in [3.05, 3.63) is 22.7 Å². The van der Waals surface area contributed by atoms with Crippen molar-refractivity contribution in [3.63, 3.8) is 0 Å². The van der Waals surface area contributed by atoms with E-state index in [0.29, 0.717) is 17.3 Å². The molecule has 5 nitrogen and oxygen atoms in total. The summed E-state index contributed by atoms with van der Waals surface area (Å²) in [6.45, 7) is 2.34. The van der Waals surface area contributed by atoms with Crippen LogP contribution in [-0.4, -0.2) is 41.1 Å². The molecule has 4 N–H and O–H groups in total. The first kappa shape index (κ1) is 15.6. The summed E-state index contributed by atoms with van der Waals surface area (Å²) < 4.78 is 0. The number of hydrogen-bond donors (Lipinski definition) is 4. The fourth-order valence-electron chi connectivity index (χ4n) is 2.02. The molecule has 2 rings (SSSR count). The van der Waals surface area contributed by atoms with Crippen molar-refractivity contribution in [2.24, 2.45) is 0 Å². The van der Waals surface area contributed by atoms with E-state index in [9.17, 15) is 9.90 Å². The molecule has 2 atom stereocenters. The van der Waals surface area contributed by atoms with Crippen LogP contribution in [0.15, 0.2) is 17.0 Å². The van der Waals surface area contributed by atoms with Crippen LogP contribution in [0, 0.1) is 0 Å². The lowest BCUT2D eigenvalue weighted by atomic mass is 10.1. The van der Waals surface area contributed by atoms with Crippen LogP contribution in [0.2, 0.25) is 5.02 Å². The zero-order valence-electron chi connectivity index (χ0n) is 11.0. The zero-order valence-corrected chi connectivity index (χ0v) is 12.6. The number of benzene rings is 1. The topological polar surface area (TPSA) is 81.6 Å². The number of aliphatic hydroxyl groups excluding tert-OH is 2. The number of likely N-dealkylation sites (N-methyl/N-ethyl adjacent to an activating group) is 1. The lowest BCUT2D eigenvalue weighted by Gasteiger charge is -2.12. The Balaban J connectivity index is 2.20. The van der Waals surface area contributed by atoms with Crippen molar-refractivity contribution in [2.45, 2.75) is 24.0 Å². The van der Waals surface area contributed by atoms with Crippen LogP contribution in [-0.2, 0) is 4.79 Å². The number of halogens is 1. The summed E-state index contributed by atoms with van der Waals surface area (Å²) in [5, 5.41) is 24.6. The molecule has 0 aliphatic carbocycles. The molecule has 0 saturated heterocycles. The van der Waals surface area contributed by atoms with E-state index in [0.717, 1.165) is 16.1 Å². The Morgan fingerprint density at radius 2 is 2.30 bits per heavy atom. The lowest BCUT2D eigenvalue weighted by molar-refractivity contribution is -0.117. The highest BCUT2D eigenvalue weighted by Crippen LogP contribution is 2.38. The lowest BCUT2D eigenvalue weighted by Crippen LogP contribution is -2.27. The standard InChI is InChI=1S/C13H17ClN2O3S/c1-2-15-12-8-3-9(14)11(20-6-7(18)5-17)4-10(8)16-13(12)19/h3-4,7,12,15,17-18H,2,5-6H2,1H3,(H,16,19). The van der Waals surface area contributed by atoms with Crippen molar-refractivity contribution < 1.29 is 15.0 Å². The van der Waals surface area contributed by atoms with Gasteiger partial charge in [-0.3, -0.25) is 4.79 Å². The average molecular weight is 317 g/mol. The van der Waals surface area contributed by atoms with Crippen molar-refractivity contribution in [1.29, 1.82) is 0 Å². The van der Waals surface area contributed by atoms with E-state index in [4.69, 9.17) is 16.7 Å². The van der Waals surface area contributed by atoms with Gasteiger partial charge in [-0.1, -0.05) is 18.5 Å². The minimum Gasteiger partial charge on any atom is -0.394 e. The van der Waals surface area contributed by atoms with E-state index in [-0.39, 0.29) is 18.6 Å². The maximum absolute atomic E-state index is 11.9. The normalized spacial score (nSPS) is 18.8. The minimum atomic E-state index is -0.784. The van der Waals surface area contributed by atoms with Gasteiger partial charge in [-0.05, 0) is 18.7 Å². The fraction of sp³-hybridized carbons (Fsp3) is 0.462. The van der Waals surface area contributed by atoms with Gasteiger partial charge in [0.15, 0.2) is 0 Å². The molecule has 7 heteroatoms. The number of fused-ring (bicyclic) bond motifs is 1. The first-order chi connectivity index (χ1) is 9.56. The molecular weight excluding hydrogens is 300 g/mol. The van der Waals surface area contributed by atoms with Crippen LogP contribution < -0.4 is 10.6 Å². The van der Waals surface area contributed by atoms with Crippen LogP contribution >= 0.6 is 23.4 Å². The number of aliphatic hydroxyl groups is 2. The highest BCUT2D eigenvalue weighted by molar-refractivity contribution is 7.99. The van der Waals surface area contributed by atoms with Crippen LogP contribution in [0.4, 0.5) is 5.69 Å². The molecule has 1 amide bonds. The Bertz CT molecular complexity index is 513. The number of amides is 1. The number of carbonyl (C=O) groups excluding carboxylic acids is 1. The molecule has 110 valence electrons. The Kier molecular flexibility index (Phi) is 5.29. The highest BCUT2D eigenvalue weighted by atomic mass is 35.5. The van der Waals surface area contributed by atoms with E-state index >= 15 is 0 Å². The van der Waals surface area contributed by atoms with Crippen molar-refractivity contribution in [3.8, 4) is 0 Å². The van der Waals surface area contributed by atoms with Gasteiger partial charge in [-0.2, -0.15) is 0 Å². The Hall–Kier alpha value is -0.790. The van der Waals surface area contributed by atoms with Gasteiger partial charge < -0.3 is 20.8 Å². The molecule has 1 aromatic rings. The minimum absolute atomic E-state index is 0.0875. The van der Waals surface area contributed by atoms with E-state index in [2.05, 4.69) is 10.6 Å². The molecule has 1 aliphatic heterocycles. The zero-order chi connectivity index (χ0) is 14.7. The van der Waals surface area contributed by atoms with Gasteiger partial charge in [0.1, 0.15) is 6.04 Å². The van der Waals surface area contributed by atoms with E-state index in [1.165, 1.54) is 11.8 Å². The van der Waals surface area contributed by atoms with E-state index < -0.39 is 6.10 Å². The summed E-state index contributed by atoms with van der Waals surface area (Å²) >= 11 is 7.56. The number of rotatable bonds is 6. The molecular formula is C13H17ClN2O3S. The molecule has 0 aromatic heterocycles. The Labute approximate surface area is 126 Å². The molecule has 0 bridgehead atoms. The van der Waals surface area contributed by atoms with Gasteiger partial charge >= 0.3 is 0 Å². The number of nitrogens with one attached hydrogen (secondary N) is 2.